The summed E-state index contributed by atoms with van der Waals surface area (Å²) in [5.41, 5.74) is 0.174. The molecular formula is C19H14Cl2F3N3O2. The van der Waals surface area contributed by atoms with E-state index in [1.54, 1.807) is 31.2 Å². The predicted molar refractivity (Wildman–Crippen MR) is 104 cm³/mol. The number of nitrogens with one attached hydrogen (secondary N) is 1. The van der Waals surface area contributed by atoms with Crippen LogP contribution in [0, 0.1) is 13.8 Å². The second-order valence-electron chi connectivity index (χ2n) is 6.16. The maximum Gasteiger partial charge on any atom is 0.438 e. The lowest BCUT2D eigenvalue weighted by molar-refractivity contribution is -0.142. The minimum atomic E-state index is -4.82. The van der Waals surface area contributed by atoms with Gasteiger partial charge >= 0.3 is 12.3 Å². The van der Waals surface area contributed by atoms with E-state index in [1.165, 1.54) is 25.1 Å². The first-order valence-electron chi connectivity index (χ1n) is 8.24. The number of anilines is 1. The van der Waals surface area contributed by atoms with Crippen molar-refractivity contribution in [1.29, 1.82) is 0 Å². The van der Waals surface area contributed by atoms with Crippen molar-refractivity contribution in [2.24, 2.45) is 0 Å². The maximum absolute atomic E-state index is 13.5. The van der Waals surface area contributed by atoms with E-state index in [4.69, 9.17) is 27.9 Å². The van der Waals surface area contributed by atoms with Gasteiger partial charge in [0, 0.05) is 5.69 Å². The molecule has 0 atom stereocenters. The van der Waals surface area contributed by atoms with Gasteiger partial charge in [-0.2, -0.15) is 18.3 Å². The molecule has 3 aromatic rings. The largest absolute Gasteiger partial charge is 0.438 e. The third-order valence-electron chi connectivity index (χ3n) is 3.94. The molecule has 0 saturated heterocycles. The number of ether oxygens (including phenoxy) is 1. The van der Waals surface area contributed by atoms with Gasteiger partial charge in [0.2, 0.25) is 5.69 Å². The minimum Gasteiger partial charge on any atom is -0.406 e. The van der Waals surface area contributed by atoms with Gasteiger partial charge in [-0.3, -0.25) is 5.32 Å². The molecule has 10 heteroatoms. The summed E-state index contributed by atoms with van der Waals surface area (Å²) >= 11 is 11.7. The fourth-order valence-corrected chi connectivity index (χ4v) is 2.91. The van der Waals surface area contributed by atoms with E-state index in [9.17, 15) is 18.0 Å². The molecule has 0 saturated carbocycles. The molecule has 0 aliphatic rings. The highest BCUT2D eigenvalue weighted by atomic mass is 35.5. The fourth-order valence-electron chi connectivity index (χ4n) is 2.62. The number of amides is 1. The topological polar surface area (TPSA) is 56.2 Å². The number of halogens is 5. The van der Waals surface area contributed by atoms with Gasteiger partial charge in [0.25, 0.3) is 0 Å². The lowest BCUT2D eigenvalue weighted by Crippen LogP contribution is -2.19. The van der Waals surface area contributed by atoms with Crippen LogP contribution >= 0.6 is 23.2 Å². The molecule has 0 aliphatic heterocycles. The third kappa shape index (κ3) is 4.65. The van der Waals surface area contributed by atoms with Crippen LogP contribution < -0.4 is 10.1 Å². The van der Waals surface area contributed by atoms with Gasteiger partial charge in [-0.05, 0) is 49.7 Å². The molecule has 0 unspecified atom stereocenters. The fraction of sp³-hybridized carbons (Fsp3) is 0.158. The summed E-state index contributed by atoms with van der Waals surface area (Å²) in [6.07, 6.45) is -5.94. The van der Waals surface area contributed by atoms with E-state index in [2.05, 4.69) is 10.4 Å². The molecule has 5 nitrogen and oxygen atoms in total. The maximum atomic E-state index is 13.5. The Morgan fingerprint density at radius 1 is 1.10 bits per heavy atom. The average Bonchev–Trinajstić information content (AvgIpc) is 2.95. The molecule has 1 N–H and O–H groups in total. The van der Waals surface area contributed by atoms with Gasteiger partial charge < -0.3 is 4.74 Å². The van der Waals surface area contributed by atoms with Gasteiger partial charge in [-0.25, -0.2) is 9.48 Å². The third-order valence-corrected chi connectivity index (χ3v) is 4.68. The molecular weight excluding hydrogens is 430 g/mol. The van der Waals surface area contributed by atoms with E-state index in [-0.39, 0.29) is 21.4 Å². The Kier molecular flexibility index (Phi) is 5.77. The zero-order valence-corrected chi connectivity index (χ0v) is 16.7. The van der Waals surface area contributed by atoms with Crippen molar-refractivity contribution in [2.45, 2.75) is 20.0 Å². The first-order chi connectivity index (χ1) is 13.6. The van der Waals surface area contributed by atoms with Crippen molar-refractivity contribution in [2.75, 3.05) is 5.32 Å². The van der Waals surface area contributed by atoms with Crippen LogP contribution in [0.3, 0.4) is 0 Å². The molecule has 0 radical (unpaired) electrons. The zero-order valence-electron chi connectivity index (χ0n) is 15.1. The zero-order chi connectivity index (χ0) is 21.3. The monoisotopic (exact) mass is 443 g/mol. The van der Waals surface area contributed by atoms with E-state index >= 15 is 0 Å². The SMILES string of the molecule is Cc1cccc(-n2nc(C(F)(F)F)c(OC(=O)Nc3ccc(Cl)c(Cl)c3)c2C)c1. The number of hydrogen-bond donors (Lipinski definition) is 1. The Morgan fingerprint density at radius 3 is 2.45 bits per heavy atom. The van der Waals surface area contributed by atoms with Crippen molar-refractivity contribution >= 4 is 35.0 Å². The Hall–Kier alpha value is -2.71. The predicted octanol–water partition coefficient (Wildman–Crippen LogP) is 6.43. The molecule has 0 spiro atoms. The van der Waals surface area contributed by atoms with Crippen LogP contribution in [0.2, 0.25) is 10.0 Å². The second kappa shape index (κ2) is 7.96. The molecule has 0 bridgehead atoms. The lowest BCUT2D eigenvalue weighted by atomic mass is 10.2. The van der Waals surface area contributed by atoms with Gasteiger partial charge in [-0.1, -0.05) is 35.3 Å². The Labute approximate surface area is 174 Å². The molecule has 3 rings (SSSR count). The number of carbonyl (C=O) groups excluding carboxylic acids is 1. The Balaban J connectivity index is 1.95. The molecule has 0 fully saturated rings. The van der Waals surface area contributed by atoms with Crippen molar-refractivity contribution in [3.63, 3.8) is 0 Å². The van der Waals surface area contributed by atoms with Crippen LogP contribution in [0.4, 0.5) is 23.7 Å². The van der Waals surface area contributed by atoms with E-state index in [1.807, 2.05) is 0 Å². The molecule has 1 aromatic heterocycles. The highest BCUT2D eigenvalue weighted by Gasteiger charge is 2.40. The number of hydrogen-bond acceptors (Lipinski definition) is 3. The average molecular weight is 444 g/mol. The number of aromatic nitrogens is 2. The molecule has 0 aliphatic carbocycles. The number of rotatable bonds is 3. The van der Waals surface area contributed by atoms with Gasteiger partial charge in [0.05, 0.1) is 21.4 Å². The van der Waals surface area contributed by atoms with Crippen molar-refractivity contribution in [3.05, 3.63) is 69.5 Å². The molecule has 29 heavy (non-hydrogen) atoms. The standard InChI is InChI=1S/C19H14Cl2F3N3O2/c1-10-4-3-5-13(8-10)27-11(2)16(17(26-27)19(22,23)24)29-18(28)25-12-6-7-14(20)15(21)9-12/h3-9H,1-2H3,(H,25,28). The van der Waals surface area contributed by atoms with Crippen molar-refractivity contribution < 1.29 is 22.7 Å². The second-order valence-corrected chi connectivity index (χ2v) is 6.97. The van der Waals surface area contributed by atoms with Crippen LogP contribution in [0.5, 0.6) is 5.75 Å². The first-order valence-corrected chi connectivity index (χ1v) is 8.99. The number of benzene rings is 2. The van der Waals surface area contributed by atoms with Crippen LogP contribution in [0.15, 0.2) is 42.5 Å². The summed E-state index contributed by atoms with van der Waals surface area (Å²) in [4.78, 5) is 12.2. The summed E-state index contributed by atoms with van der Waals surface area (Å²) in [5, 5.41) is 6.37. The summed E-state index contributed by atoms with van der Waals surface area (Å²) in [7, 11) is 0. The summed E-state index contributed by atoms with van der Waals surface area (Å²) in [6.45, 7) is 3.18. The van der Waals surface area contributed by atoms with Gasteiger partial charge in [-0.15, -0.1) is 0 Å². The smallest absolute Gasteiger partial charge is 0.406 e. The molecule has 1 heterocycles. The number of carbonyl (C=O) groups is 1. The summed E-state index contributed by atoms with van der Waals surface area (Å²) in [6, 6.07) is 11.0. The van der Waals surface area contributed by atoms with E-state index in [0.717, 1.165) is 10.2 Å². The first kappa shape index (κ1) is 21.0. The summed E-state index contributed by atoms with van der Waals surface area (Å²) < 4.78 is 46.5. The Bertz CT molecular complexity index is 1080. The van der Waals surface area contributed by atoms with Crippen LogP contribution in [-0.2, 0) is 6.18 Å². The molecule has 2 aromatic carbocycles. The number of nitrogens with zero attached hydrogens (tertiary/aromatic N) is 2. The van der Waals surface area contributed by atoms with Gasteiger partial charge in [0.15, 0.2) is 5.75 Å². The Morgan fingerprint density at radius 2 is 1.83 bits per heavy atom. The van der Waals surface area contributed by atoms with Crippen molar-refractivity contribution in [1.82, 2.24) is 9.78 Å². The number of alkyl halides is 3. The van der Waals surface area contributed by atoms with Crippen LogP contribution in [0.25, 0.3) is 5.69 Å². The van der Waals surface area contributed by atoms with Crippen molar-refractivity contribution in [3.8, 4) is 11.4 Å². The lowest BCUT2D eigenvalue weighted by Gasteiger charge is -2.10. The summed E-state index contributed by atoms with van der Waals surface area (Å²) in [5.74, 6) is -0.684. The van der Waals surface area contributed by atoms with Crippen LogP contribution in [0.1, 0.15) is 17.0 Å². The molecule has 152 valence electrons. The quantitative estimate of drug-likeness (QED) is 0.507. The van der Waals surface area contributed by atoms with Gasteiger partial charge in [0.1, 0.15) is 0 Å². The highest BCUT2D eigenvalue weighted by molar-refractivity contribution is 6.42. The van der Waals surface area contributed by atoms with E-state index in [0.29, 0.717) is 5.69 Å². The molecule has 1 amide bonds. The minimum absolute atomic E-state index is 0.0206. The van der Waals surface area contributed by atoms with Crippen LogP contribution in [-0.4, -0.2) is 15.9 Å². The van der Waals surface area contributed by atoms with E-state index < -0.39 is 23.7 Å². The number of aryl methyl sites for hydroxylation is 1. The normalized spacial score (nSPS) is 11.4. The highest BCUT2D eigenvalue weighted by Crippen LogP contribution is 2.38.